The maximum absolute atomic E-state index is 6.53. The van der Waals surface area contributed by atoms with Crippen molar-refractivity contribution in [2.45, 2.75) is 66.8 Å². The number of ether oxygens (including phenoxy) is 2. The molecule has 0 saturated heterocycles. The van der Waals surface area contributed by atoms with Crippen LogP contribution in [0.2, 0.25) is 0 Å². The predicted octanol–water partition coefficient (Wildman–Crippen LogP) is 8.32. The Bertz CT molecular complexity index is 1930. The van der Waals surface area contributed by atoms with E-state index in [4.69, 9.17) is 19.5 Å². The molecule has 6 heteroatoms. The van der Waals surface area contributed by atoms with Gasteiger partial charge in [-0.15, -0.1) is 28.6 Å². The molecule has 42 heavy (non-hydrogen) atoms. The first-order chi connectivity index (χ1) is 19.4. The number of rotatable bonds is 3. The number of hydrogen-bond donors (Lipinski definition) is 0. The number of aromatic nitrogens is 2. The minimum atomic E-state index is -0.170. The zero-order chi connectivity index (χ0) is 28.8. The van der Waals surface area contributed by atoms with Crippen LogP contribution in [0.5, 0.6) is 11.5 Å². The van der Waals surface area contributed by atoms with E-state index in [2.05, 4.69) is 102 Å². The van der Waals surface area contributed by atoms with Crippen molar-refractivity contribution in [3.8, 4) is 17.3 Å². The van der Waals surface area contributed by atoms with Crippen molar-refractivity contribution in [1.29, 1.82) is 0 Å². The Hall–Kier alpha value is -3.43. The van der Waals surface area contributed by atoms with Gasteiger partial charge in [-0.3, -0.25) is 4.99 Å². The van der Waals surface area contributed by atoms with Crippen LogP contribution in [-0.4, -0.2) is 28.1 Å². The van der Waals surface area contributed by atoms with Gasteiger partial charge < -0.3 is 14.0 Å². The van der Waals surface area contributed by atoms with E-state index in [1.54, 1.807) is 0 Å². The van der Waals surface area contributed by atoms with Gasteiger partial charge >= 0.3 is 21.1 Å². The van der Waals surface area contributed by atoms with Crippen LogP contribution in [0, 0.1) is 38.3 Å². The third-order valence-electron chi connectivity index (χ3n) is 8.62. The molecule has 0 saturated carbocycles. The molecule has 0 N–H and O–H groups in total. The van der Waals surface area contributed by atoms with Gasteiger partial charge in [0.15, 0.2) is 0 Å². The van der Waals surface area contributed by atoms with Gasteiger partial charge in [-0.1, -0.05) is 95.4 Å². The fourth-order valence-corrected chi connectivity index (χ4v) is 6.27. The van der Waals surface area contributed by atoms with Crippen molar-refractivity contribution in [1.82, 2.24) is 9.55 Å². The number of hydrogen-bond acceptors (Lipinski definition) is 4. The molecule has 7 rings (SSSR count). The van der Waals surface area contributed by atoms with Gasteiger partial charge in [-0.2, -0.15) is 6.07 Å². The molecule has 5 aromatic rings. The van der Waals surface area contributed by atoms with E-state index >= 15 is 0 Å². The molecule has 0 fully saturated rings. The van der Waals surface area contributed by atoms with Crippen LogP contribution >= 0.6 is 0 Å². The van der Waals surface area contributed by atoms with Gasteiger partial charge in [0.1, 0.15) is 11.7 Å². The molecule has 0 aliphatic carbocycles. The molecular formula is C36H35N3O2Pt. The van der Waals surface area contributed by atoms with Gasteiger partial charge in [0.2, 0.25) is 0 Å². The van der Waals surface area contributed by atoms with Gasteiger partial charge in [0.05, 0.1) is 12.6 Å². The number of nitrogens with zero attached hydrogens (tertiary/aromatic N) is 3. The zero-order valence-corrected chi connectivity index (χ0v) is 27.6. The second-order valence-electron chi connectivity index (χ2n) is 13.3. The van der Waals surface area contributed by atoms with Crippen LogP contribution in [0.15, 0.2) is 53.7 Å². The molecule has 5 nitrogen and oxygen atoms in total. The van der Waals surface area contributed by atoms with E-state index in [-0.39, 0.29) is 37.9 Å². The average molecular weight is 737 g/mol. The number of benzene rings is 3. The standard InChI is InChI=1S/C36H35N3O2.Pt/c1-20-12-23(34-38-31(19-40-34)35(4,5)6)17-24(13-20)41-30-18-29-25(16-22(30)3)26-14-21(2)15-28-32(26)39(29)33-27(36(28,7)8)10-9-11-37-33;/h9-16,31H,19H2,1-8H3;/q-2;+2/t31-;/m0./s1. The van der Waals surface area contributed by atoms with Crippen LogP contribution in [-0.2, 0) is 31.2 Å². The summed E-state index contributed by atoms with van der Waals surface area (Å²) in [7, 11) is 0. The molecule has 2 aliphatic heterocycles. The van der Waals surface area contributed by atoms with Crippen LogP contribution in [0.25, 0.3) is 27.6 Å². The monoisotopic (exact) mass is 736 g/mol. The summed E-state index contributed by atoms with van der Waals surface area (Å²) in [4.78, 5) is 9.75. The Morgan fingerprint density at radius 3 is 2.48 bits per heavy atom. The van der Waals surface area contributed by atoms with E-state index in [1.807, 2.05) is 18.3 Å². The first-order valence-electron chi connectivity index (χ1n) is 14.3. The first-order valence-corrected chi connectivity index (χ1v) is 14.3. The second-order valence-corrected chi connectivity index (χ2v) is 13.3. The molecule has 1 atom stereocenters. The molecule has 4 heterocycles. The van der Waals surface area contributed by atoms with Crippen molar-refractivity contribution in [3.63, 3.8) is 0 Å². The molecular weight excluding hydrogens is 701 g/mol. The maximum Gasteiger partial charge on any atom is 2.00 e. The van der Waals surface area contributed by atoms with Crippen LogP contribution < -0.4 is 4.74 Å². The Morgan fingerprint density at radius 1 is 0.976 bits per heavy atom. The fourth-order valence-electron chi connectivity index (χ4n) is 6.27. The normalized spacial score (nSPS) is 17.0. The smallest absolute Gasteiger partial charge is 0.518 e. The largest absolute Gasteiger partial charge is 2.00 e. The third-order valence-corrected chi connectivity index (χ3v) is 8.62. The summed E-state index contributed by atoms with van der Waals surface area (Å²) in [6.07, 6.45) is 1.87. The zero-order valence-electron chi connectivity index (χ0n) is 25.4. The summed E-state index contributed by atoms with van der Waals surface area (Å²) in [5, 5.41) is 2.37. The van der Waals surface area contributed by atoms with Crippen LogP contribution in [0.3, 0.4) is 0 Å². The van der Waals surface area contributed by atoms with Gasteiger partial charge in [-0.25, -0.2) is 4.98 Å². The molecule has 0 unspecified atom stereocenters. The summed E-state index contributed by atoms with van der Waals surface area (Å²) in [6, 6.07) is 22.3. The van der Waals surface area contributed by atoms with Crippen molar-refractivity contribution < 1.29 is 30.5 Å². The minimum Gasteiger partial charge on any atom is -0.518 e. The van der Waals surface area contributed by atoms with Gasteiger partial charge in [0.25, 0.3) is 0 Å². The Labute approximate surface area is 262 Å². The van der Waals surface area contributed by atoms with E-state index < -0.39 is 0 Å². The Morgan fingerprint density at radius 2 is 1.74 bits per heavy atom. The van der Waals surface area contributed by atoms with E-state index in [0.29, 0.717) is 24.0 Å². The summed E-state index contributed by atoms with van der Waals surface area (Å²) >= 11 is 0. The summed E-state index contributed by atoms with van der Waals surface area (Å²) in [6.45, 7) is 18.0. The molecule has 0 spiro atoms. The maximum atomic E-state index is 6.53. The average Bonchev–Trinajstić information content (AvgIpc) is 3.52. The fraction of sp³-hybridized carbons (Fsp3) is 0.333. The Balaban J connectivity index is 0.00000316. The molecule has 3 aromatic carbocycles. The van der Waals surface area contributed by atoms with Crippen LogP contribution in [0.4, 0.5) is 0 Å². The molecule has 2 aliphatic rings. The molecule has 2 aromatic heterocycles. The van der Waals surface area contributed by atoms with Gasteiger partial charge in [0, 0.05) is 34.2 Å². The molecule has 0 amide bonds. The minimum absolute atomic E-state index is 0. The van der Waals surface area contributed by atoms with Crippen molar-refractivity contribution >= 4 is 27.7 Å². The van der Waals surface area contributed by atoms with Gasteiger partial charge in [-0.05, 0) is 29.4 Å². The Kier molecular flexibility index (Phi) is 6.70. The number of aliphatic imine (C=N–C) groups is 1. The predicted molar refractivity (Wildman–Crippen MR) is 165 cm³/mol. The summed E-state index contributed by atoms with van der Waals surface area (Å²) < 4.78 is 14.8. The topological polar surface area (TPSA) is 48.6 Å². The SMILES string of the molecule is Cc1cc(Oc2[c-]c3c(cc2C)c2cc(C)cc4c2n3-c2ncccc2C4(C)C)[c-]c(C2=N[C@H](C(C)(C)C)CO2)c1.[Pt+2]. The van der Waals surface area contributed by atoms with Crippen molar-refractivity contribution in [2.75, 3.05) is 6.61 Å². The second kappa shape index (κ2) is 9.81. The van der Waals surface area contributed by atoms with Crippen molar-refractivity contribution in [3.05, 3.63) is 94.2 Å². The molecule has 0 radical (unpaired) electrons. The summed E-state index contributed by atoms with van der Waals surface area (Å²) in [5.41, 5.74) is 8.67. The quantitative estimate of drug-likeness (QED) is 0.175. The summed E-state index contributed by atoms with van der Waals surface area (Å²) in [5.74, 6) is 2.88. The molecule has 216 valence electrons. The van der Waals surface area contributed by atoms with Crippen molar-refractivity contribution in [2.24, 2.45) is 10.4 Å². The van der Waals surface area contributed by atoms with E-state index in [9.17, 15) is 0 Å². The number of fused-ring (bicyclic) bond motifs is 5. The number of aryl methyl sites for hydroxylation is 3. The third kappa shape index (κ3) is 4.40. The first kappa shape index (κ1) is 28.7. The van der Waals surface area contributed by atoms with Crippen LogP contribution in [0.1, 0.15) is 68.0 Å². The molecule has 0 bridgehead atoms. The van der Waals surface area contributed by atoms with E-state index in [1.165, 1.54) is 27.6 Å². The van der Waals surface area contributed by atoms with E-state index in [0.717, 1.165) is 33.4 Å². The number of pyridine rings is 1.